The molecule has 2 unspecified atom stereocenters. The van der Waals surface area contributed by atoms with Crippen molar-refractivity contribution in [2.75, 3.05) is 19.8 Å². The van der Waals surface area contributed by atoms with Crippen LogP contribution in [0.15, 0.2) is 30.3 Å². The molecule has 0 aliphatic rings. The van der Waals surface area contributed by atoms with Gasteiger partial charge in [0.2, 0.25) is 0 Å². The van der Waals surface area contributed by atoms with Crippen molar-refractivity contribution in [1.29, 1.82) is 0 Å². The van der Waals surface area contributed by atoms with Crippen molar-refractivity contribution >= 4 is 0 Å². The van der Waals surface area contributed by atoms with Crippen molar-refractivity contribution in [3.63, 3.8) is 0 Å². The topological polar surface area (TPSA) is 47.9 Å². The second-order valence-corrected chi connectivity index (χ2v) is 5.18. The number of aliphatic hydroxyl groups is 1. The van der Waals surface area contributed by atoms with Gasteiger partial charge in [0.25, 0.3) is 0 Å². The summed E-state index contributed by atoms with van der Waals surface area (Å²) in [7, 11) is 0. The fraction of sp³-hybridized carbons (Fsp3) is 0.625. The zero-order valence-electron chi connectivity index (χ0n) is 12.6. The maximum absolute atomic E-state index is 9.66. The van der Waals surface area contributed by atoms with Crippen molar-refractivity contribution in [3.8, 4) is 0 Å². The van der Waals surface area contributed by atoms with E-state index in [2.05, 4.69) is 0 Å². The van der Waals surface area contributed by atoms with Gasteiger partial charge in [0.05, 0.1) is 38.6 Å². The number of hydrogen-bond acceptors (Lipinski definition) is 4. The van der Waals surface area contributed by atoms with Crippen LogP contribution in [0.3, 0.4) is 0 Å². The molecular weight excluding hydrogens is 256 g/mol. The van der Waals surface area contributed by atoms with Crippen molar-refractivity contribution in [1.82, 2.24) is 0 Å². The Morgan fingerprint density at radius 2 is 1.60 bits per heavy atom. The van der Waals surface area contributed by atoms with E-state index in [0.29, 0.717) is 19.8 Å². The Morgan fingerprint density at radius 3 is 2.25 bits per heavy atom. The molecule has 4 nitrogen and oxygen atoms in total. The van der Waals surface area contributed by atoms with Gasteiger partial charge in [-0.3, -0.25) is 0 Å². The molecule has 114 valence electrons. The SMILES string of the molecule is CC(C)OCC(O)COC(C)COCc1ccccc1. The fourth-order valence-corrected chi connectivity index (χ4v) is 1.59. The predicted molar refractivity (Wildman–Crippen MR) is 78.6 cm³/mol. The van der Waals surface area contributed by atoms with Gasteiger partial charge in [-0.15, -0.1) is 0 Å². The molecule has 0 heterocycles. The lowest BCUT2D eigenvalue weighted by atomic mass is 10.2. The van der Waals surface area contributed by atoms with Crippen molar-refractivity contribution in [3.05, 3.63) is 35.9 Å². The Morgan fingerprint density at radius 1 is 0.950 bits per heavy atom. The van der Waals surface area contributed by atoms with Gasteiger partial charge in [0, 0.05) is 0 Å². The second kappa shape index (κ2) is 9.88. The molecule has 0 fully saturated rings. The standard InChI is InChI=1S/C16H26O4/c1-13(2)19-11-16(17)12-20-14(3)9-18-10-15-7-5-4-6-8-15/h4-8,13-14,16-17H,9-12H2,1-3H3. The van der Waals surface area contributed by atoms with E-state index in [1.807, 2.05) is 51.1 Å². The Bertz CT molecular complexity index is 340. The summed E-state index contributed by atoms with van der Waals surface area (Å²) in [6.45, 7) is 7.46. The van der Waals surface area contributed by atoms with Crippen LogP contribution in [0.2, 0.25) is 0 Å². The molecule has 1 rings (SSSR count). The minimum absolute atomic E-state index is 0.0487. The first-order valence-corrected chi connectivity index (χ1v) is 7.11. The molecule has 0 aliphatic carbocycles. The van der Waals surface area contributed by atoms with Crippen LogP contribution < -0.4 is 0 Å². The maximum atomic E-state index is 9.66. The molecule has 0 spiro atoms. The van der Waals surface area contributed by atoms with E-state index < -0.39 is 6.10 Å². The summed E-state index contributed by atoms with van der Waals surface area (Å²) in [5, 5.41) is 9.66. The van der Waals surface area contributed by atoms with Gasteiger partial charge in [-0.05, 0) is 26.3 Å². The zero-order chi connectivity index (χ0) is 14.8. The lowest BCUT2D eigenvalue weighted by Crippen LogP contribution is -2.27. The molecule has 1 aromatic carbocycles. The summed E-state index contributed by atoms with van der Waals surface area (Å²) in [4.78, 5) is 0. The third kappa shape index (κ3) is 8.27. The number of ether oxygens (including phenoxy) is 3. The Hall–Kier alpha value is -0.940. The van der Waals surface area contributed by atoms with Gasteiger partial charge >= 0.3 is 0 Å². The molecule has 1 aromatic rings. The molecule has 0 aromatic heterocycles. The number of hydrogen-bond donors (Lipinski definition) is 1. The highest BCUT2D eigenvalue weighted by Crippen LogP contribution is 2.02. The monoisotopic (exact) mass is 282 g/mol. The third-order valence-corrected chi connectivity index (χ3v) is 2.66. The van der Waals surface area contributed by atoms with Crippen LogP contribution >= 0.6 is 0 Å². The second-order valence-electron chi connectivity index (χ2n) is 5.18. The van der Waals surface area contributed by atoms with E-state index in [9.17, 15) is 5.11 Å². The van der Waals surface area contributed by atoms with Gasteiger partial charge in [-0.2, -0.15) is 0 Å². The van der Waals surface area contributed by atoms with Gasteiger partial charge in [0.1, 0.15) is 6.10 Å². The molecule has 1 N–H and O–H groups in total. The van der Waals surface area contributed by atoms with Gasteiger partial charge in [-0.1, -0.05) is 30.3 Å². The fourth-order valence-electron chi connectivity index (χ4n) is 1.59. The van der Waals surface area contributed by atoms with Crippen LogP contribution in [0.1, 0.15) is 26.3 Å². The molecule has 0 saturated carbocycles. The van der Waals surface area contributed by atoms with E-state index in [4.69, 9.17) is 14.2 Å². The predicted octanol–water partition coefficient (Wildman–Crippen LogP) is 2.39. The van der Waals surface area contributed by atoms with E-state index in [0.717, 1.165) is 5.56 Å². The van der Waals surface area contributed by atoms with Crippen LogP contribution in [0.5, 0.6) is 0 Å². The van der Waals surface area contributed by atoms with Crippen LogP contribution in [0.25, 0.3) is 0 Å². The third-order valence-electron chi connectivity index (χ3n) is 2.66. The maximum Gasteiger partial charge on any atom is 0.101 e. The molecule has 4 heteroatoms. The van der Waals surface area contributed by atoms with Gasteiger partial charge < -0.3 is 19.3 Å². The number of aliphatic hydroxyl groups excluding tert-OH is 1. The summed E-state index contributed by atoms with van der Waals surface area (Å²) in [5.74, 6) is 0. The minimum Gasteiger partial charge on any atom is -0.388 e. The smallest absolute Gasteiger partial charge is 0.101 e. The van der Waals surface area contributed by atoms with E-state index >= 15 is 0 Å². The van der Waals surface area contributed by atoms with E-state index in [1.165, 1.54) is 0 Å². The molecular formula is C16H26O4. The molecule has 0 saturated heterocycles. The van der Waals surface area contributed by atoms with E-state index in [1.54, 1.807) is 0 Å². The summed E-state index contributed by atoms with van der Waals surface area (Å²) in [6.07, 6.45) is -0.516. The summed E-state index contributed by atoms with van der Waals surface area (Å²) in [5.41, 5.74) is 1.14. The lowest BCUT2D eigenvalue weighted by molar-refractivity contribution is -0.0712. The summed E-state index contributed by atoms with van der Waals surface area (Å²) >= 11 is 0. The largest absolute Gasteiger partial charge is 0.388 e. The van der Waals surface area contributed by atoms with Crippen LogP contribution in [-0.2, 0) is 20.8 Å². The minimum atomic E-state index is -0.589. The van der Waals surface area contributed by atoms with Crippen molar-refractivity contribution in [2.24, 2.45) is 0 Å². The van der Waals surface area contributed by atoms with Crippen LogP contribution in [0.4, 0.5) is 0 Å². The first-order valence-electron chi connectivity index (χ1n) is 7.11. The molecule has 2 atom stereocenters. The highest BCUT2D eigenvalue weighted by Gasteiger charge is 2.09. The van der Waals surface area contributed by atoms with Crippen molar-refractivity contribution < 1.29 is 19.3 Å². The molecule has 0 aliphatic heterocycles. The van der Waals surface area contributed by atoms with E-state index in [-0.39, 0.29) is 18.8 Å². The average molecular weight is 282 g/mol. The first kappa shape index (κ1) is 17.1. The zero-order valence-corrected chi connectivity index (χ0v) is 12.6. The molecule has 0 amide bonds. The summed E-state index contributed by atoms with van der Waals surface area (Å²) in [6, 6.07) is 10.0. The lowest BCUT2D eigenvalue weighted by Gasteiger charge is -2.17. The van der Waals surface area contributed by atoms with Crippen LogP contribution in [0, 0.1) is 0 Å². The Balaban J connectivity index is 2.06. The average Bonchev–Trinajstić information content (AvgIpc) is 2.44. The molecule has 20 heavy (non-hydrogen) atoms. The Labute approximate surface area is 121 Å². The Kier molecular flexibility index (Phi) is 8.46. The van der Waals surface area contributed by atoms with Crippen molar-refractivity contribution in [2.45, 2.75) is 45.7 Å². The number of benzene rings is 1. The van der Waals surface area contributed by atoms with Crippen LogP contribution in [-0.4, -0.2) is 43.2 Å². The number of rotatable bonds is 10. The summed E-state index contributed by atoms with van der Waals surface area (Å²) < 4.78 is 16.4. The quantitative estimate of drug-likeness (QED) is 0.716. The molecule has 0 radical (unpaired) electrons. The molecule has 0 bridgehead atoms. The highest BCUT2D eigenvalue weighted by molar-refractivity contribution is 5.13. The van der Waals surface area contributed by atoms with Gasteiger partial charge in [0.15, 0.2) is 0 Å². The normalized spacial score (nSPS) is 14.4. The van der Waals surface area contributed by atoms with Gasteiger partial charge in [-0.25, -0.2) is 0 Å². The first-order chi connectivity index (χ1) is 9.58. The highest BCUT2D eigenvalue weighted by atomic mass is 16.5.